The highest BCUT2D eigenvalue weighted by atomic mass is 19.1. The van der Waals surface area contributed by atoms with Crippen LogP contribution in [0.4, 0.5) is 4.39 Å². The molecule has 2 nitrogen and oxygen atoms in total. The predicted octanol–water partition coefficient (Wildman–Crippen LogP) is 2.90. The molecular weight excluding hydrogens is 205 g/mol. The minimum atomic E-state index is -0.178. The molecule has 0 aliphatic heterocycles. The molecule has 90 valence electrons. The first kappa shape index (κ1) is 13.1. The summed E-state index contributed by atoms with van der Waals surface area (Å²) in [6.07, 6.45) is 0.940. The second-order valence-electron chi connectivity index (χ2n) is 3.67. The minimum absolute atomic E-state index is 0.178. The minimum Gasteiger partial charge on any atom is -0.380 e. The molecule has 1 aromatic rings. The lowest BCUT2D eigenvalue weighted by molar-refractivity contribution is 0.146. The van der Waals surface area contributed by atoms with Gasteiger partial charge in [0.25, 0.3) is 0 Å². The number of hydrogen-bond donors (Lipinski definition) is 1. The van der Waals surface area contributed by atoms with Crippen LogP contribution >= 0.6 is 0 Å². The smallest absolute Gasteiger partial charge is 0.123 e. The number of halogens is 1. The van der Waals surface area contributed by atoms with Crippen molar-refractivity contribution in [2.45, 2.75) is 26.3 Å². The number of hydrogen-bond acceptors (Lipinski definition) is 2. The Bertz CT molecular complexity index is 304. The van der Waals surface area contributed by atoms with Crippen LogP contribution in [0.15, 0.2) is 24.3 Å². The molecule has 1 aromatic carbocycles. The quantitative estimate of drug-likeness (QED) is 0.720. The van der Waals surface area contributed by atoms with Crippen LogP contribution in [0, 0.1) is 5.82 Å². The Hall–Kier alpha value is -0.930. The number of rotatable bonds is 7. The third-order valence-corrected chi connectivity index (χ3v) is 2.50. The predicted molar refractivity (Wildman–Crippen MR) is 63.9 cm³/mol. The zero-order chi connectivity index (χ0) is 11.8. The van der Waals surface area contributed by atoms with Crippen molar-refractivity contribution in [1.82, 2.24) is 5.32 Å². The van der Waals surface area contributed by atoms with Crippen LogP contribution in [0.1, 0.15) is 31.9 Å². The molecule has 0 aliphatic carbocycles. The van der Waals surface area contributed by atoms with Crippen molar-refractivity contribution in [2.75, 3.05) is 19.8 Å². The zero-order valence-corrected chi connectivity index (χ0v) is 10.0. The molecule has 16 heavy (non-hydrogen) atoms. The number of nitrogens with one attached hydrogen (secondary N) is 1. The fourth-order valence-electron chi connectivity index (χ4n) is 1.67. The molecular formula is C13H20FNO. The van der Waals surface area contributed by atoms with Crippen molar-refractivity contribution >= 4 is 0 Å². The largest absolute Gasteiger partial charge is 0.380 e. The van der Waals surface area contributed by atoms with Gasteiger partial charge in [0, 0.05) is 19.2 Å². The summed E-state index contributed by atoms with van der Waals surface area (Å²) < 4.78 is 18.3. The average molecular weight is 225 g/mol. The second kappa shape index (κ2) is 7.36. The monoisotopic (exact) mass is 225 g/mol. The highest BCUT2D eigenvalue weighted by Gasteiger charge is 2.08. The lowest BCUT2D eigenvalue weighted by atomic mass is 10.0. The molecule has 0 bridgehead atoms. The third-order valence-electron chi connectivity index (χ3n) is 2.50. The Kier molecular flexibility index (Phi) is 6.04. The summed E-state index contributed by atoms with van der Waals surface area (Å²) in [6, 6.07) is 6.96. The van der Waals surface area contributed by atoms with Gasteiger partial charge in [-0.2, -0.15) is 0 Å². The fourth-order valence-corrected chi connectivity index (χ4v) is 1.67. The fraction of sp³-hybridized carbons (Fsp3) is 0.538. The molecule has 1 N–H and O–H groups in total. The maximum absolute atomic E-state index is 13.1. The van der Waals surface area contributed by atoms with Gasteiger partial charge in [0.15, 0.2) is 0 Å². The van der Waals surface area contributed by atoms with Gasteiger partial charge < -0.3 is 10.1 Å². The van der Waals surface area contributed by atoms with E-state index in [-0.39, 0.29) is 11.9 Å². The van der Waals surface area contributed by atoms with Crippen LogP contribution in [0.5, 0.6) is 0 Å². The lowest BCUT2D eigenvalue weighted by Gasteiger charge is -2.17. The zero-order valence-electron chi connectivity index (χ0n) is 10.0. The van der Waals surface area contributed by atoms with E-state index < -0.39 is 0 Å². The van der Waals surface area contributed by atoms with Crippen LogP contribution in [-0.2, 0) is 4.74 Å². The molecule has 3 heteroatoms. The summed E-state index contributed by atoms with van der Waals surface area (Å²) in [4.78, 5) is 0. The Labute approximate surface area is 96.8 Å². The Balaban J connectivity index is 2.47. The van der Waals surface area contributed by atoms with Gasteiger partial charge >= 0.3 is 0 Å². The van der Waals surface area contributed by atoms with E-state index in [1.165, 1.54) is 6.07 Å². The van der Waals surface area contributed by atoms with Gasteiger partial charge in [-0.25, -0.2) is 4.39 Å². The molecule has 0 aromatic heterocycles. The van der Waals surface area contributed by atoms with Crippen LogP contribution < -0.4 is 5.32 Å². The van der Waals surface area contributed by atoms with Gasteiger partial charge in [0.2, 0.25) is 0 Å². The van der Waals surface area contributed by atoms with E-state index in [0.29, 0.717) is 6.61 Å². The number of benzene rings is 1. The van der Waals surface area contributed by atoms with Crippen molar-refractivity contribution in [3.8, 4) is 0 Å². The summed E-state index contributed by atoms with van der Waals surface area (Å²) in [6.45, 7) is 6.29. The molecule has 0 saturated heterocycles. The van der Waals surface area contributed by atoms with Crippen molar-refractivity contribution in [3.63, 3.8) is 0 Å². The van der Waals surface area contributed by atoms with Gasteiger partial charge in [-0.3, -0.25) is 0 Å². The highest BCUT2D eigenvalue weighted by Crippen LogP contribution is 2.16. The van der Waals surface area contributed by atoms with Crippen LogP contribution in [0.3, 0.4) is 0 Å². The summed E-state index contributed by atoms with van der Waals surface area (Å²) in [5, 5.41) is 3.36. The molecule has 0 fully saturated rings. The SMILES string of the molecule is CCOCCNC(CC)c1cccc(F)c1. The molecule has 1 atom stereocenters. The van der Waals surface area contributed by atoms with Crippen molar-refractivity contribution in [1.29, 1.82) is 0 Å². The van der Waals surface area contributed by atoms with E-state index in [1.54, 1.807) is 12.1 Å². The van der Waals surface area contributed by atoms with Crippen LogP contribution in [-0.4, -0.2) is 19.8 Å². The summed E-state index contributed by atoms with van der Waals surface area (Å²) in [7, 11) is 0. The van der Waals surface area contributed by atoms with E-state index in [9.17, 15) is 4.39 Å². The second-order valence-corrected chi connectivity index (χ2v) is 3.67. The Morgan fingerprint density at radius 3 is 2.81 bits per heavy atom. The maximum Gasteiger partial charge on any atom is 0.123 e. The van der Waals surface area contributed by atoms with Crippen LogP contribution in [0.2, 0.25) is 0 Å². The van der Waals surface area contributed by atoms with Gasteiger partial charge in [0.05, 0.1) is 6.61 Å². The number of ether oxygens (including phenoxy) is 1. The van der Waals surface area contributed by atoms with E-state index in [0.717, 1.165) is 25.1 Å². The van der Waals surface area contributed by atoms with Gasteiger partial charge in [-0.05, 0) is 31.0 Å². The molecule has 0 radical (unpaired) electrons. The topological polar surface area (TPSA) is 21.3 Å². The van der Waals surface area contributed by atoms with Gasteiger partial charge in [-0.15, -0.1) is 0 Å². The molecule has 1 rings (SSSR count). The van der Waals surface area contributed by atoms with E-state index in [4.69, 9.17) is 4.74 Å². The first-order valence-electron chi connectivity index (χ1n) is 5.84. The van der Waals surface area contributed by atoms with Crippen molar-refractivity contribution in [3.05, 3.63) is 35.6 Å². The highest BCUT2D eigenvalue weighted by molar-refractivity contribution is 5.19. The van der Waals surface area contributed by atoms with E-state index in [1.807, 2.05) is 13.0 Å². The van der Waals surface area contributed by atoms with Gasteiger partial charge in [0.1, 0.15) is 5.82 Å². The van der Waals surface area contributed by atoms with E-state index >= 15 is 0 Å². The normalized spacial score (nSPS) is 12.7. The standard InChI is InChI=1S/C13H20FNO/c1-3-13(15-8-9-16-4-2)11-6-5-7-12(14)10-11/h5-7,10,13,15H,3-4,8-9H2,1-2H3. The van der Waals surface area contributed by atoms with Gasteiger partial charge in [-0.1, -0.05) is 19.1 Å². The third kappa shape index (κ3) is 4.29. The first-order chi connectivity index (χ1) is 7.77. The van der Waals surface area contributed by atoms with Crippen molar-refractivity contribution in [2.24, 2.45) is 0 Å². The summed E-state index contributed by atoms with van der Waals surface area (Å²) >= 11 is 0. The molecule has 0 heterocycles. The average Bonchev–Trinajstić information content (AvgIpc) is 2.29. The molecule has 1 unspecified atom stereocenters. The molecule has 0 spiro atoms. The first-order valence-corrected chi connectivity index (χ1v) is 5.84. The maximum atomic E-state index is 13.1. The Morgan fingerprint density at radius 1 is 1.38 bits per heavy atom. The van der Waals surface area contributed by atoms with Crippen molar-refractivity contribution < 1.29 is 9.13 Å². The summed E-state index contributed by atoms with van der Waals surface area (Å²) in [5.41, 5.74) is 0.999. The Morgan fingerprint density at radius 2 is 2.19 bits per heavy atom. The van der Waals surface area contributed by atoms with Crippen LogP contribution in [0.25, 0.3) is 0 Å². The lowest BCUT2D eigenvalue weighted by Crippen LogP contribution is -2.25. The molecule has 0 saturated carbocycles. The van der Waals surface area contributed by atoms with E-state index in [2.05, 4.69) is 12.2 Å². The summed E-state index contributed by atoms with van der Waals surface area (Å²) in [5.74, 6) is -0.178. The molecule has 0 amide bonds. The molecule has 0 aliphatic rings.